The van der Waals surface area contributed by atoms with Crippen molar-refractivity contribution in [2.45, 2.75) is 23.8 Å². The number of rotatable bonds is 7. The van der Waals surface area contributed by atoms with Crippen molar-refractivity contribution in [2.75, 3.05) is 19.6 Å². The van der Waals surface area contributed by atoms with Crippen molar-refractivity contribution in [3.8, 4) is 11.1 Å². The molecule has 1 fully saturated rings. The van der Waals surface area contributed by atoms with E-state index in [9.17, 15) is 8.42 Å². The van der Waals surface area contributed by atoms with Crippen molar-refractivity contribution in [1.29, 1.82) is 0 Å². The van der Waals surface area contributed by atoms with Gasteiger partial charge in [0.25, 0.3) is 0 Å². The molecule has 0 saturated carbocycles. The van der Waals surface area contributed by atoms with E-state index in [1.165, 1.54) is 0 Å². The quantitative estimate of drug-likeness (QED) is 0.646. The molecule has 0 amide bonds. The second kappa shape index (κ2) is 8.53. The Hall–Kier alpha value is -2.41. The van der Waals surface area contributed by atoms with Gasteiger partial charge in [-0.3, -0.25) is 4.90 Å². The number of nitrogens with zero attached hydrogens (tertiary/aromatic N) is 2. The average Bonchev–Trinajstić information content (AvgIpc) is 3.42. The van der Waals surface area contributed by atoms with Crippen LogP contribution in [0.4, 0.5) is 0 Å². The highest BCUT2D eigenvalue weighted by atomic mass is 32.2. The molecule has 2 heterocycles. The van der Waals surface area contributed by atoms with E-state index in [1.807, 2.05) is 61.8 Å². The molecular weight excluding hydrogens is 382 g/mol. The van der Waals surface area contributed by atoms with Crippen LogP contribution in [0, 0.1) is 0 Å². The lowest BCUT2D eigenvalue weighted by Crippen LogP contribution is -2.37. The summed E-state index contributed by atoms with van der Waals surface area (Å²) in [6.07, 6.45) is 4.33. The van der Waals surface area contributed by atoms with Crippen LogP contribution < -0.4 is 4.72 Å². The summed E-state index contributed by atoms with van der Waals surface area (Å²) in [5.74, 6) is 0. The van der Waals surface area contributed by atoms with Gasteiger partial charge in [-0.2, -0.15) is 0 Å². The SMILES string of the molecule is Cn1cccc1C(CNS(=O)(=O)c1ccc(-c2ccccc2)cc1)N1CCCC1. The molecule has 1 unspecified atom stereocenters. The summed E-state index contributed by atoms with van der Waals surface area (Å²) in [5, 5.41) is 0. The topological polar surface area (TPSA) is 54.3 Å². The number of sulfonamides is 1. The maximum Gasteiger partial charge on any atom is 0.240 e. The first kappa shape index (κ1) is 19.9. The van der Waals surface area contributed by atoms with E-state index in [4.69, 9.17) is 0 Å². The molecule has 1 aliphatic rings. The van der Waals surface area contributed by atoms with E-state index in [0.29, 0.717) is 11.4 Å². The molecule has 1 aromatic heterocycles. The Balaban J connectivity index is 1.50. The molecule has 1 N–H and O–H groups in total. The lowest BCUT2D eigenvalue weighted by atomic mass is 10.1. The highest BCUT2D eigenvalue weighted by Crippen LogP contribution is 2.26. The van der Waals surface area contributed by atoms with Gasteiger partial charge in [-0.1, -0.05) is 42.5 Å². The highest BCUT2D eigenvalue weighted by molar-refractivity contribution is 7.89. The molecule has 4 rings (SSSR count). The number of likely N-dealkylation sites (tertiary alicyclic amines) is 1. The number of nitrogens with one attached hydrogen (secondary N) is 1. The van der Waals surface area contributed by atoms with Crippen LogP contribution in [0.25, 0.3) is 11.1 Å². The first-order chi connectivity index (χ1) is 14.0. The minimum absolute atomic E-state index is 0.0378. The predicted octanol–water partition coefficient (Wildman–Crippen LogP) is 3.81. The Kier molecular flexibility index (Phi) is 5.85. The summed E-state index contributed by atoms with van der Waals surface area (Å²) in [6, 6.07) is 21.2. The van der Waals surface area contributed by atoms with Gasteiger partial charge in [-0.05, 0) is 61.3 Å². The van der Waals surface area contributed by atoms with Crippen LogP contribution in [0.2, 0.25) is 0 Å². The van der Waals surface area contributed by atoms with Gasteiger partial charge in [-0.25, -0.2) is 13.1 Å². The molecule has 0 aliphatic carbocycles. The molecule has 152 valence electrons. The molecule has 29 heavy (non-hydrogen) atoms. The monoisotopic (exact) mass is 409 g/mol. The molecule has 0 spiro atoms. The lowest BCUT2D eigenvalue weighted by Gasteiger charge is -2.28. The largest absolute Gasteiger partial charge is 0.353 e. The van der Waals surface area contributed by atoms with Gasteiger partial charge < -0.3 is 4.57 Å². The fraction of sp³-hybridized carbons (Fsp3) is 0.304. The first-order valence-electron chi connectivity index (χ1n) is 10.0. The molecule has 1 saturated heterocycles. The number of benzene rings is 2. The number of aryl methyl sites for hydroxylation is 1. The second-order valence-electron chi connectivity index (χ2n) is 7.55. The van der Waals surface area contributed by atoms with Crippen LogP contribution in [0.3, 0.4) is 0 Å². The predicted molar refractivity (Wildman–Crippen MR) is 116 cm³/mol. The normalized spacial score (nSPS) is 16.2. The molecule has 3 aromatic rings. The Morgan fingerprint density at radius 2 is 1.55 bits per heavy atom. The van der Waals surface area contributed by atoms with Crippen molar-refractivity contribution in [3.05, 3.63) is 78.6 Å². The summed E-state index contributed by atoms with van der Waals surface area (Å²) < 4.78 is 30.8. The van der Waals surface area contributed by atoms with Crippen LogP contribution in [0.15, 0.2) is 77.8 Å². The van der Waals surface area contributed by atoms with Gasteiger partial charge in [0.05, 0.1) is 10.9 Å². The zero-order chi connectivity index (χ0) is 20.3. The fourth-order valence-corrected chi connectivity index (χ4v) is 5.06. The Morgan fingerprint density at radius 1 is 0.897 bits per heavy atom. The van der Waals surface area contributed by atoms with Crippen molar-refractivity contribution < 1.29 is 8.42 Å². The maximum absolute atomic E-state index is 12.9. The van der Waals surface area contributed by atoms with Crippen LogP contribution in [-0.4, -0.2) is 37.5 Å². The van der Waals surface area contributed by atoms with Crippen LogP contribution in [-0.2, 0) is 17.1 Å². The average molecular weight is 410 g/mol. The highest BCUT2D eigenvalue weighted by Gasteiger charge is 2.27. The van der Waals surface area contributed by atoms with Gasteiger partial charge in [0.1, 0.15) is 0 Å². The van der Waals surface area contributed by atoms with E-state index in [1.54, 1.807) is 12.1 Å². The molecule has 5 nitrogen and oxygen atoms in total. The molecule has 1 aliphatic heterocycles. The molecule has 0 bridgehead atoms. The number of aromatic nitrogens is 1. The summed E-state index contributed by atoms with van der Waals surface area (Å²) in [4.78, 5) is 2.67. The second-order valence-corrected chi connectivity index (χ2v) is 9.31. The minimum atomic E-state index is -3.57. The summed E-state index contributed by atoms with van der Waals surface area (Å²) in [5.41, 5.74) is 3.21. The molecule has 6 heteroatoms. The molecule has 0 radical (unpaired) electrons. The van der Waals surface area contributed by atoms with E-state index < -0.39 is 10.0 Å². The zero-order valence-corrected chi connectivity index (χ0v) is 17.5. The standard InChI is InChI=1S/C23H27N3O2S/c1-25-15-7-10-22(25)23(26-16-5-6-17-26)18-24-29(27,28)21-13-11-20(12-14-21)19-8-3-2-4-9-19/h2-4,7-15,23-24H,5-6,16-18H2,1H3. The minimum Gasteiger partial charge on any atom is -0.353 e. The third-order valence-corrected chi connectivity index (χ3v) is 7.08. The number of hydrogen-bond acceptors (Lipinski definition) is 3. The summed E-state index contributed by atoms with van der Waals surface area (Å²) >= 11 is 0. The van der Waals surface area contributed by atoms with E-state index in [2.05, 4.69) is 20.3 Å². The van der Waals surface area contributed by atoms with Crippen LogP contribution >= 0.6 is 0 Å². The third kappa shape index (κ3) is 4.45. The van der Waals surface area contributed by atoms with Gasteiger partial charge in [0, 0.05) is 25.5 Å². The Morgan fingerprint density at radius 3 is 2.17 bits per heavy atom. The van der Waals surface area contributed by atoms with Crippen LogP contribution in [0.1, 0.15) is 24.6 Å². The fourth-order valence-electron chi connectivity index (χ4n) is 4.02. The molecular formula is C23H27N3O2S. The van der Waals surface area contributed by atoms with E-state index in [0.717, 1.165) is 42.8 Å². The summed E-state index contributed by atoms with van der Waals surface area (Å²) in [7, 11) is -1.56. The molecule has 1 atom stereocenters. The number of hydrogen-bond donors (Lipinski definition) is 1. The van der Waals surface area contributed by atoms with E-state index in [-0.39, 0.29) is 6.04 Å². The van der Waals surface area contributed by atoms with E-state index >= 15 is 0 Å². The smallest absolute Gasteiger partial charge is 0.240 e. The van der Waals surface area contributed by atoms with Crippen molar-refractivity contribution in [3.63, 3.8) is 0 Å². The third-order valence-electron chi connectivity index (χ3n) is 5.65. The Labute approximate surface area is 173 Å². The van der Waals surface area contributed by atoms with Gasteiger partial charge in [0.15, 0.2) is 0 Å². The van der Waals surface area contributed by atoms with Gasteiger partial charge in [-0.15, -0.1) is 0 Å². The first-order valence-corrected chi connectivity index (χ1v) is 11.5. The van der Waals surface area contributed by atoms with Crippen molar-refractivity contribution in [1.82, 2.24) is 14.2 Å². The molecule has 2 aromatic carbocycles. The van der Waals surface area contributed by atoms with Crippen molar-refractivity contribution >= 4 is 10.0 Å². The van der Waals surface area contributed by atoms with Crippen LogP contribution in [0.5, 0.6) is 0 Å². The van der Waals surface area contributed by atoms with Gasteiger partial charge in [0.2, 0.25) is 10.0 Å². The lowest BCUT2D eigenvalue weighted by molar-refractivity contribution is 0.238. The Bertz CT molecular complexity index is 1040. The maximum atomic E-state index is 12.9. The van der Waals surface area contributed by atoms with Gasteiger partial charge >= 0.3 is 0 Å². The zero-order valence-electron chi connectivity index (χ0n) is 16.7. The summed E-state index contributed by atoms with van der Waals surface area (Å²) in [6.45, 7) is 2.37. The van der Waals surface area contributed by atoms with Crippen molar-refractivity contribution in [2.24, 2.45) is 7.05 Å².